The van der Waals surface area contributed by atoms with Crippen molar-refractivity contribution in [1.29, 1.82) is 0 Å². The molecule has 2 heterocycles. The Morgan fingerprint density at radius 3 is 2.07 bits per heavy atom. The van der Waals surface area contributed by atoms with Crippen LogP contribution in [0.5, 0.6) is 0 Å². The molecule has 2 aromatic heterocycles. The fourth-order valence-corrected chi connectivity index (χ4v) is 4.67. The first-order valence-corrected chi connectivity index (χ1v) is 10.3. The van der Waals surface area contributed by atoms with Gasteiger partial charge in [-0.15, -0.1) is 0 Å². The van der Waals surface area contributed by atoms with Crippen LogP contribution in [0.25, 0.3) is 54.7 Å². The maximum absolute atomic E-state index is 6.54. The van der Waals surface area contributed by atoms with Gasteiger partial charge in [-0.2, -0.15) is 0 Å². The van der Waals surface area contributed by atoms with Crippen LogP contribution in [-0.4, -0.2) is 0 Å². The number of rotatable bonds is 1. The molecule has 0 spiro atoms. The Hall–Kier alpha value is -3.65. The molecule has 0 bridgehead atoms. The van der Waals surface area contributed by atoms with Gasteiger partial charge < -0.3 is 4.42 Å². The molecule has 6 rings (SSSR count). The molecule has 0 radical (unpaired) electrons. The molecule has 0 aliphatic carbocycles. The zero-order chi connectivity index (χ0) is 20.4. The minimum Gasteiger partial charge on any atom is -0.455 e. The van der Waals surface area contributed by atoms with Crippen molar-refractivity contribution in [3.05, 3.63) is 90.1 Å². The van der Waals surface area contributed by atoms with Crippen LogP contribution in [0.3, 0.4) is 0 Å². The number of hydrogen-bond acceptors (Lipinski definition) is 1. The van der Waals surface area contributed by atoms with Crippen molar-refractivity contribution in [1.82, 2.24) is 0 Å². The zero-order valence-electron chi connectivity index (χ0n) is 17.4. The second kappa shape index (κ2) is 6.17. The first kappa shape index (κ1) is 17.2. The monoisotopic (exact) mass is 388 g/mol. The molecule has 30 heavy (non-hydrogen) atoms. The van der Waals surface area contributed by atoms with Gasteiger partial charge in [0, 0.05) is 22.2 Å². The normalized spacial score (nSPS) is 11.8. The number of hydrogen-bond donors (Lipinski definition) is 0. The van der Waals surface area contributed by atoms with Gasteiger partial charge in [-0.3, -0.25) is 0 Å². The number of pyridine rings is 1. The molecule has 0 aliphatic rings. The summed E-state index contributed by atoms with van der Waals surface area (Å²) in [5.41, 5.74) is 6.80. The van der Waals surface area contributed by atoms with E-state index in [-0.39, 0.29) is 0 Å². The predicted octanol–water partition coefficient (Wildman–Crippen LogP) is 7.00. The molecule has 0 amide bonds. The molecule has 0 aliphatic heterocycles. The average molecular weight is 388 g/mol. The van der Waals surface area contributed by atoms with Gasteiger partial charge in [0.05, 0.1) is 5.56 Å². The summed E-state index contributed by atoms with van der Waals surface area (Å²) < 4.78 is 8.75. The lowest BCUT2D eigenvalue weighted by atomic mass is 9.95. The van der Waals surface area contributed by atoms with E-state index >= 15 is 0 Å². The lowest BCUT2D eigenvalue weighted by molar-refractivity contribution is -0.659. The lowest BCUT2D eigenvalue weighted by Gasteiger charge is -2.09. The third kappa shape index (κ3) is 2.40. The summed E-state index contributed by atoms with van der Waals surface area (Å²) >= 11 is 0. The summed E-state index contributed by atoms with van der Waals surface area (Å²) in [5.74, 6) is 0. The van der Waals surface area contributed by atoms with Crippen molar-refractivity contribution in [2.24, 2.45) is 7.05 Å². The molecule has 0 saturated carbocycles. The molecule has 6 aromatic rings. The highest BCUT2D eigenvalue weighted by molar-refractivity contribution is 6.13. The van der Waals surface area contributed by atoms with Gasteiger partial charge in [0.2, 0.25) is 5.69 Å². The van der Waals surface area contributed by atoms with Gasteiger partial charge in [0.1, 0.15) is 18.2 Å². The highest BCUT2D eigenvalue weighted by Gasteiger charge is 2.23. The van der Waals surface area contributed by atoms with Crippen molar-refractivity contribution >= 4 is 43.5 Å². The molecule has 0 saturated heterocycles. The predicted molar refractivity (Wildman–Crippen MR) is 125 cm³/mol. The molecule has 4 aromatic carbocycles. The SMILES string of the molecule is Cc1cc2c(oc3cc4ccccc4cc32)c(-c2cc3ccccc3c[n+]2C)c1C. The van der Waals surface area contributed by atoms with Gasteiger partial charge in [-0.25, -0.2) is 4.57 Å². The van der Waals surface area contributed by atoms with Gasteiger partial charge in [-0.1, -0.05) is 42.5 Å². The first-order chi connectivity index (χ1) is 14.6. The molecular weight excluding hydrogens is 366 g/mol. The van der Waals surface area contributed by atoms with Crippen molar-refractivity contribution in [3.63, 3.8) is 0 Å². The van der Waals surface area contributed by atoms with Crippen LogP contribution in [0.2, 0.25) is 0 Å². The van der Waals surface area contributed by atoms with E-state index in [0.29, 0.717) is 0 Å². The lowest BCUT2D eigenvalue weighted by Crippen LogP contribution is -2.30. The van der Waals surface area contributed by atoms with Crippen LogP contribution >= 0.6 is 0 Å². The highest BCUT2D eigenvalue weighted by Crippen LogP contribution is 2.40. The number of aryl methyl sites for hydroxylation is 2. The average Bonchev–Trinajstić information content (AvgIpc) is 3.09. The fourth-order valence-electron chi connectivity index (χ4n) is 4.67. The second-order valence-corrected chi connectivity index (χ2v) is 8.27. The van der Waals surface area contributed by atoms with E-state index in [1.807, 2.05) is 0 Å². The topological polar surface area (TPSA) is 17.0 Å². The third-order valence-corrected chi connectivity index (χ3v) is 6.41. The third-order valence-electron chi connectivity index (χ3n) is 6.41. The Balaban J connectivity index is 1.76. The zero-order valence-corrected chi connectivity index (χ0v) is 17.4. The molecular formula is C28H22NO+. The van der Waals surface area contributed by atoms with Gasteiger partial charge in [0.15, 0.2) is 6.20 Å². The fraction of sp³-hybridized carbons (Fsp3) is 0.107. The van der Waals surface area contributed by atoms with Crippen LogP contribution in [0.1, 0.15) is 11.1 Å². The van der Waals surface area contributed by atoms with E-state index < -0.39 is 0 Å². The van der Waals surface area contributed by atoms with E-state index in [1.54, 1.807) is 0 Å². The maximum Gasteiger partial charge on any atom is 0.216 e. The van der Waals surface area contributed by atoms with E-state index in [2.05, 4.69) is 104 Å². The van der Waals surface area contributed by atoms with E-state index in [1.165, 1.54) is 54.7 Å². The molecule has 2 heteroatoms. The van der Waals surface area contributed by atoms with E-state index in [0.717, 1.165) is 11.2 Å². The van der Waals surface area contributed by atoms with Gasteiger partial charge in [-0.05, 0) is 65.4 Å². The Labute approximate surface area is 175 Å². The Kier molecular flexibility index (Phi) is 3.54. The molecule has 0 N–H and O–H groups in total. The van der Waals surface area contributed by atoms with Crippen LogP contribution in [0, 0.1) is 13.8 Å². The minimum absolute atomic E-state index is 0.943. The summed E-state index contributed by atoms with van der Waals surface area (Å²) in [6.45, 7) is 4.39. The minimum atomic E-state index is 0.943. The van der Waals surface area contributed by atoms with Gasteiger partial charge in [0.25, 0.3) is 0 Å². The van der Waals surface area contributed by atoms with Crippen molar-refractivity contribution < 1.29 is 8.98 Å². The number of nitrogens with zero attached hydrogens (tertiary/aromatic N) is 1. The van der Waals surface area contributed by atoms with Crippen molar-refractivity contribution in [2.75, 3.05) is 0 Å². The Morgan fingerprint density at radius 2 is 1.33 bits per heavy atom. The maximum atomic E-state index is 6.54. The van der Waals surface area contributed by atoms with Crippen LogP contribution < -0.4 is 4.57 Å². The van der Waals surface area contributed by atoms with Crippen LogP contribution in [0.15, 0.2) is 83.4 Å². The number of aromatic nitrogens is 1. The summed E-state index contributed by atoms with van der Waals surface area (Å²) in [6.07, 6.45) is 2.20. The van der Waals surface area contributed by atoms with Crippen LogP contribution in [-0.2, 0) is 7.05 Å². The molecule has 0 atom stereocenters. The van der Waals surface area contributed by atoms with Crippen LogP contribution in [0.4, 0.5) is 0 Å². The molecule has 144 valence electrons. The number of fused-ring (bicyclic) bond motifs is 5. The summed E-state index contributed by atoms with van der Waals surface area (Å²) in [6, 6.07) is 26.0. The number of benzene rings is 4. The van der Waals surface area contributed by atoms with E-state index in [9.17, 15) is 0 Å². The molecule has 0 unspecified atom stereocenters. The summed E-state index contributed by atoms with van der Waals surface area (Å²) in [7, 11) is 2.12. The smallest absolute Gasteiger partial charge is 0.216 e. The first-order valence-electron chi connectivity index (χ1n) is 10.3. The standard InChI is InChI=1S/C28H22NO/c1-17-12-24-23-13-19-8-4-5-10-21(19)15-26(23)30-28(24)27(18(17)2)25-14-20-9-6-7-11-22(20)16-29(25)3/h4-16H,1-3H3/q+1. The van der Waals surface area contributed by atoms with Crippen molar-refractivity contribution in [3.8, 4) is 11.3 Å². The second-order valence-electron chi connectivity index (χ2n) is 8.27. The van der Waals surface area contributed by atoms with Crippen molar-refractivity contribution in [2.45, 2.75) is 13.8 Å². The Morgan fingerprint density at radius 1 is 0.700 bits per heavy atom. The Bertz CT molecular complexity index is 1620. The molecule has 2 nitrogen and oxygen atoms in total. The highest BCUT2D eigenvalue weighted by atomic mass is 16.3. The molecule has 0 fully saturated rings. The number of furan rings is 1. The van der Waals surface area contributed by atoms with E-state index in [4.69, 9.17) is 4.42 Å². The largest absolute Gasteiger partial charge is 0.455 e. The van der Waals surface area contributed by atoms with Gasteiger partial charge >= 0.3 is 0 Å². The summed E-state index contributed by atoms with van der Waals surface area (Å²) in [4.78, 5) is 0. The quantitative estimate of drug-likeness (QED) is 0.277. The summed E-state index contributed by atoms with van der Waals surface area (Å²) in [5, 5.41) is 7.28.